The van der Waals surface area contributed by atoms with Crippen molar-refractivity contribution in [1.29, 1.82) is 0 Å². The van der Waals surface area contributed by atoms with Crippen LogP contribution < -0.4 is 9.64 Å². The van der Waals surface area contributed by atoms with Crippen molar-refractivity contribution in [2.24, 2.45) is 0 Å². The van der Waals surface area contributed by atoms with Gasteiger partial charge in [-0.05, 0) is 101 Å². The lowest BCUT2D eigenvalue weighted by Gasteiger charge is -2.41. The molecule has 328 valence electrons. The SMILES string of the molecule is c1ccc(-c2cccc(N3c4ccccc4Sc4c3ccc3c4Oc4ccccc4C34c3cccnc3-c3nc(-c5ccccc5-c5nc(-c6ccncc6)cc(-c6ccncc6)n5)ccc34)c2)cc1. The topological polar surface area (TPSA) is 89.8 Å². The van der Waals surface area contributed by atoms with Gasteiger partial charge >= 0.3 is 0 Å². The van der Waals surface area contributed by atoms with Crippen LogP contribution in [0.15, 0.2) is 235 Å². The predicted molar refractivity (Wildman–Crippen MR) is 277 cm³/mol. The van der Waals surface area contributed by atoms with E-state index in [2.05, 4.69) is 160 Å². The average molecular weight is 916 g/mol. The second-order valence-corrected chi connectivity index (χ2v) is 18.5. The lowest BCUT2D eigenvalue weighted by Crippen LogP contribution is -2.33. The monoisotopic (exact) mass is 915 g/mol. The fourth-order valence-electron chi connectivity index (χ4n) is 10.6. The number of hydrogen-bond acceptors (Lipinski definition) is 9. The Morgan fingerprint density at radius 1 is 0.429 bits per heavy atom. The van der Waals surface area contributed by atoms with Crippen LogP contribution in [0.25, 0.3) is 67.7 Å². The molecule has 6 aromatic carbocycles. The van der Waals surface area contributed by atoms with Crippen LogP contribution >= 0.6 is 11.8 Å². The van der Waals surface area contributed by atoms with Crippen molar-refractivity contribution < 1.29 is 4.74 Å². The highest BCUT2D eigenvalue weighted by Crippen LogP contribution is 2.65. The van der Waals surface area contributed by atoms with Crippen molar-refractivity contribution in [2.75, 3.05) is 4.90 Å². The number of ether oxygens (including phenoxy) is 1. The molecule has 0 saturated heterocycles. The van der Waals surface area contributed by atoms with E-state index in [0.29, 0.717) is 5.82 Å². The van der Waals surface area contributed by atoms with Crippen molar-refractivity contribution in [3.63, 3.8) is 0 Å². The van der Waals surface area contributed by atoms with E-state index in [0.717, 1.165) is 117 Å². The van der Waals surface area contributed by atoms with E-state index in [-0.39, 0.29) is 0 Å². The molecule has 2 aliphatic heterocycles. The standard InChI is InChI=1S/C61H37N7OS/c1-2-12-38(13-3-1)41-14-10-15-42(36-41)68-52-20-7-9-22-55(52)70-59-53(68)26-24-48-58(59)69-54-21-8-6-18-45(54)61(48)46-19-11-31-64-56(46)57-47(61)23-25-49(65-57)43-16-4-5-17-44(43)60-66-50(39-27-32-62-33-28-39)37-51(67-60)40-29-34-63-35-30-40/h1-37H. The smallest absolute Gasteiger partial charge is 0.161 e. The lowest BCUT2D eigenvalue weighted by atomic mass is 9.66. The summed E-state index contributed by atoms with van der Waals surface area (Å²) in [5.74, 6) is 2.22. The molecule has 8 nitrogen and oxygen atoms in total. The van der Waals surface area contributed by atoms with Crippen LogP contribution in [0.2, 0.25) is 0 Å². The first-order valence-electron chi connectivity index (χ1n) is 23.1. The molecular weight excluding hydrogens is 879 g/mol. The van der Waals surface area contributed by atoms with E-state index in [9.17, 15) is 0 Å². The Hall–Kier alpha value is -9.05. The fraction of sp³-hybridized carbons (Fsp3) is 0.0164. The minimum atomic E-state index is -0.791. The van der Waals surface area contributed by atoms with E-state index in [1.54, 1.807) is 36.5 Å². The van der Waals surface area contributed by atoms with Gasteiger partial charge in [-0.2, -0.15) is 0 Å². The lowest BCUT2D eigenvalue weighted by molar-refractivity contribution is 0.426. The van der Waals surface area contributed by atoms with Crippen LogP contribution in [0.5, 0.6) is 11.5 Å². The second-order valence-electron chi connectivity index (χ2n) is 17.4. The minimum absolute atomic E-state index is 0.589. The third-order valence-electron chi connectivity index (χ3n) is 13.6. The Balaban J connectivity index is 0.954. The van der Waals surface area contributed by atoms with Gasteiger partial charge in [0.2, 0.25) is 0 Å². The van der Waals surface area contributed by atoms with E-state index in [1.807, 2.05) is 54.7 Å². The van der Waals surface area contributed by atoms with E-state index >= 15 is 0 Å². The maximum Gasteiger partial charge on any atom is 0.161 e. The summed E-state index contributed by atoms with van der Waals surface area (Å²) in [5.41, 5.74) is 16.7. The van der Waals surface area contributed by atoms with Gasteiger partial charge in [-0.15, -0.1) is 0 Å². The summed E-state index contributed by atoms with van der Waals surface area (Å²) in [6, 6.07) is 67.8. The number of fused-ring (bicyclic) bond motifs is 12. The Bertz CT molecular complexity index is 3810. The highest BCUT2D eigenvalue weighted by atomic mass is 32.2. The maximum absolute atomic E-state index is 7.22. The molecule has 9 heteroatoms. The van der Waals surface area contributed by atoms with Crippen LogP contribution in [-0.2, 0) is 5.41 Å². The number of pyridine rings is 4. The van der Waals surface area contributed by atoms with Gasteiger partial charge in [0, 0.05) is 74.9 Å². The molecule has 0 amide bonds. The van der Waals surface area contributed by atoms with E-state index < -0.39 is 5.41 Å². The van der Waals surface area contributed by atoms with Gasteiger partial charge in [-0.25, -0.2) is 15.0 Å². The van der Waals surface area contributed by atoms with Crippen molar-refractivity contribution in [3.05, 3.63) is 247 Å². The highest BCUT2D eigenvalue weighted by molar-refractivity contribution is 7.99. The zero-order valence-corrected chi connectivity index (χ0v) is 38.1. The van der Waals surface area contributed by atoms with Gasteiger partial charge in [0.15, 0.2) is 5.82 Å². The van der Waals surface area contributed by atoms with Crippen molar-refractivity contribution in [3.8, 4) is 79.2 Å². The summed E-state index contributed by atoms with van der Waals surface area (Å²) in [6.07, 6.45) is 9.01. The van der Waals surface area contributed by atoms with Gasteiger partial charge in [0.25, 0.3) is 0 Å². The van der Waals surface area contributed by atoms with Crippen LogP contribution in [-0.4, -0.2) is 29.9 Å². The first kappa shape index (κ1) is 40.1. The summed E-state index contributed by atoms with van der Waals surface area (Å²) < 4.78 is 7.22. The molecule has 0 N–H and O–H groups in total. The molecule has 5 aromatic heterocycles. The predicted octanol–water partition coefficient (Wildman–Crippen LogP) is 14.8. The zero-order chi connectivity index (χ0) is 46.2. The number of anilines is 3. The number of benzene rings is 6. The summed E-state index contributed by atoms with van der Waals surface area (Å²) in [5, 5.41) is 0. The molecule has 1 atom stereocenters. The van der Waals surface area contributed by atoms with Crippen molar-refractivity contribution in [2.45, 2.75) is 15.2 Å². The molecule has 14 rings (SSSR count). The van der Waals surface area contributed by atoms with Gasteiger partial charge in [0.1, 0.15) is 11.5 Å². The van der Waals surface area contributed by atoms with Gasteiger partial charge < -0.3 is 9.64 Å². The Morgan fingerprint density at radius 3 is 1.91 bits per heavy atom. The number of aromatic nitrogens is 6. The largest absolute Gasteiger partial charge is 0.455 e. The molecule has 0 bridgehead atoms. The summed E-state index contributed by atoms with van der Waals surface area (Å²) in [7, 11) is 0. The zero-order valence-electron chi connectivity index (χ0n) is 37.3. The average Bonchev–Trinajstić information content (AvgIpc) is 3.72. The summed E-state index contributed by atoms with van der Waals surface area (Å²) >= 11 is 1.76. The first-order chi connectivity index (χ1) is 34.7. The van der Waals surface area contributed by atoms with Crippen LogP contribution in [0.3, 0.4) is 0 Å². The Morgan fingerprint density at radius 2 is 1.10 bits per heavy atom. The molecule has 11 aromatic rings. The van der Waals surface area contributed by atoms with Crippen molar-refractivity contribution >= 4 is 28.8 Å². The van der Waals surface area contributed by atoms with E-state index in [4.69, 9.17) is 24.7 Å². The maximum atomic E-state index is 7.22. The fourth-order valence-corrected chi connectivity index (χ4v) is 11.7. The quantitative estimate of drug-likeness (QED) is 0.162. The second kappa shape index (κ2) is 16.0. The van der Waals surface area contributed by atoms with Crippen LogP contribution in [0.1, 0.15) is 22.3 Å². The molecule has 0 saturated carbocycles. The highest BCUT2D eigenvalue weighted by Gasteiger charge is 2.53. The van der Waals surface area contributed by atoms with Crippen molar-refractivity contribution in [1.82, 2.24) is 29.9 Å². The van der Waals surface area contributed by atoms with Gasteiger partial charge in [0.05, 0.1) is 50.2 Å². The van der Waals surface area contributed by atoms with Crippen LogP contribution in [0, 0.1) is 0 Å². The number of hydrogen-bond donors (Lipinski definition) is 0. The molecule has 1 unspecified atom stereocenters. The van der Waals surface area contributed by atoms with Gasteiger partial charge in [-0.1, -0.05) is 127 Å². The third-order valence-corrected chi connectivity index (χ3v) is 14.8. The minimum Gasteiger partial charge on any atom is -0.455 e. The van der Waals surface area contributed by atoms with Crippen LogP contribution in [0.4, 0.5) is 17.1 Å². The third kappa shape index (κ3) is 6.18. The van der Waals surface area contributed by atoms with Gasteiger partial charge in [-0.3, -0.25) is 15.0 Å². The molecule has 0 radical (unpaired) electrons. The number of para-hydroxylation sites is 2. The number of rotatable bonds is 6. The Kier molecular flexibility index (Phi) is 9.18. The molecular formula is C61H37N7OS. The Labute approximate surface area is 408 Å². The molecule has 7 heterocycles. The van der Waals surface area contributed by atoms with E-state index in [1.165, 1.54) is 5.56 Å². The normalized spacial score (nSPS) is 14.7. The molecule has 3 aliphatic rings. The summed E-state index contributed by atoms with van der Waals surface area (Å²) in [4.78, 5) is 34.3. The molecule has 70 heavy (non-hydrogen) atoms. The molecule has 0 fully saturated rings. The molecule has 1 spiro atoms. The first-order valence-corrected chi connectivity index (χ1v) is 24.0. The molecule has 1 aliphatic carbocycles. The summed E-state index contributed by atoms with van der Waals surface area (Å²) in [6.45, 7) is 0. The number of nitrogens with zero attached hydrogens (tertiary/aromatic N) is 7.